The lowest BCUT2D eigenvalue weighted by molar-refractivity contribution is 0.413. The Morgan fingerprint density at radius 1 is 1.29 bits per heavy atom. The number of nitrogens with zero attached hydrogens (tertiary/aromatic N) is 1. The summed E-state index contributed by atoms with van der Waals surface area (Å²) in [5, 5.41) is 4.14. The van der Waals surface area contributed by atoms with E-state index in [0.717, 1.165) is 21.1 Å². The van der Waals surface area contributed by atoms with Gasteiger partial charge in [0.25, 0.3) is 0 Å². The number of methoxy groups -OCH3 is 1. The van der Waals surface area contributed by atoms with E-state index in [1.54, 1.807) is 25.1 Å². The first-order chi connectivity index (χ1) is 10.2. The van der Waals surface area contributed by atoms with Crippen molar-refractivity contribution in [1.82, 2.24) is 5.43 Å². The lowest BCUT2D eigenvalue weighted by Crippen LogP contribution is -2.24. The number of hydrazone groups is 1. The second-order valence-corrected chi connectivity index (χ2v) is 5.61. The van der Waals surface area contributed by atoms with Crippen LogP contribution in [0.1, 0.15) is 5.56 Å². The summed E-state index contributed by atoms with van der Waals surface area (Å²) in [6.45, 7) is 0. The van der Waals surface area contributed by atoms with Crippen molar-refractivity contribution in [2.45, 2.75) is 9.79 Å². The van der Waals surface area contributed by atoms with Gasteiger partial charge in [-0.05, 0) is 36.5 Å². The maximum atomic E-state index is 5.34. The van der Waals surface area contributed by atoms with Crippen molar-refractivity contribution < 1.29 is 4.74 Å². The second-order valence-electron chi connectivity index (χ2n) is 4.05. The van der Waals surface area contributed by atoms with Gasteiger partial charge in [-0.15, -0.1) is 0 Å². The fraction of sp³-hybridized carbons (Fsp3) is 0.0667. The SMILES string of the molecule is COc1cccc(Sc2ccccc2C=NNC(N)=S)c1. The van der Waals surface area contributed by atoms with Crippen molar-refractivity contribution in [3.63, 3.8) is 0 Å². The Morgan fingerprint density at radius 3 is 2.86 bits per heavy atom. The summed E-state index contributed by atoms with van der Waals surface area (Å²) < 4.78 is 5.24. The minimum absolute atomic E-state index is 0.143. The maximum Gasteiger partial charge on any atom is 0.184 e. The van der Waals surface area contributed by atoms with Gasteiger partial charge in [0.15, 0.2) is 5.11 Å². The molecule has 2 aromatic carbocycles. The molecule has 0 aliphatic carbocycles. The summed E-state index contributed by atoms with van der Waals surface area (Å²) in [6, 6.07) is 15.9. The second kappa shape index (κ2) is 7.66. The van der Waals surface area contributed by atoms with Crippen molar-refractivity contribution in [2.24, 2.45) is 10.8 Å². The molecule has 0 heterocycles. The molecule has 6 heteroatoms. The summed E-state index contributed by atoms with van der Waals surface area (Å²) in [7, 11) is 1.66. The average molecular weight is 317 g/mol. The molecular weight excluding hydrogens is 302 g/mol. The molecule has 0 unspecified atom stereocenters. The fourth-order valence-corrected chi connectivity index (χ4v) is 2.65. The molecule has 2 rings (SSSR count). The highest BCUT2D eigenvalue weighted by molar-refractivity contribution is 7.99. The van der Waals surface area contributed by atoms with Crippen LogP contribution in [0.15, 0.2) is 63.4 Å². The van der Waals surface area contributed by atoms with Crippen LogP contribution in [0.3, 0.4) is 0 Å². The molecule has 108 valence electrons. The Morgan fingerprint density at radius 2 is 2.10 bits per heavy atom. The minimum atomic E-state index is 0.143. The van der Waals surface area contributed by atoms with E-state index in [2.05, 4.69) is 10.5 Å². The number of benzene rings is 2. The zero-order chi connectivity index (χ0) is 15.1. The number of nitrogens with two attached hydrogens (primary N) is 1. The third-order valence-electron chi connectivity index (χ3n) is 2.57. The van der Waals surface area contributed by atoms with Crippen molar-refractivity contribution >= 4 is 35.3 Å². The van der Waals surface area contributed by atoms with Crippen LogP contribution in [-0.4, -0.2) is 18.4 Å². The van der Waals surface area contributed by atoms with E-state index < -0.39 is 0 Å². The lowest BCUT2D eigenvalue weighted by atomic mass is 10.2. The molecule has 3 N–H and O–H groups in total. The predicted molar refractivity (Wildman–Crippen MR) is 91.1 cm³/mol. The van der Waals surface area contributed by atoms with Gasteiger partial charge in [-0.2, -0.15) is 5.10 Å². The van der Waals surface area contributed by atoms with E-state index in [4.69, 9.17) is 22.7 Å². The molecular formula is C15H15N3OS2. The summed E-state index contributed by atoms with van der Waals surface area (Å²) >= 11 is 6.35. The summed E-state index contributed by atoms with van der Waals surface area (Å²) in [6.07, 6.45) is 1.70. The van der Waals surface area contributed by atoms with Crippen LogP contribution in [-0.2, 0) is 0 Å². The highest BCUT2D eigenvalue weighted by atomic mass is 32.2. The zero-order valence-corrected chi connectivity index (χ0v) is 13.1. The Kier molecular flexibility index (Phi) is 5.59. The van der Waals surface area contributed by atoms with Crippen molar-refractivity contribution in [3.8, 4) is 5.75 Å². The molecule has 4 nitrogen and oxygen atoms in total. The summed E-state index contributed by atoms with van der Waals surface area (Å²) in [5.74, 6) is 0.835. The predicted octanol–water partition coefficient (Wildman–Crippen LogP) is 3.01. The monoisotopic (exact) mass is 317 g/mol. The van der Waals surface area contributed by atoms with Gasteiger partial charge in [0.05, 0.1) is 13.3 Å². The largest absolute Gasteiger partial charge is 0.497 e. The van der Waals surface area contributed by atoms with Crippen molar-refractivity contribution in [2.75, 3.05) is 7.11 Å². The van der Waals surface area contributed by atoms with Gasteiger partial charge in [-0.3, -0.25) is 5.43 Å². The van der Waals surface area contributed by atoms with Crippen molar-refractivity contribution in [1.29, 1.82) is 0 Å². The Hall–Kier alpha value is -2.05. The molecule has 0 spiro atoms. The fourth-order valence-electron chi connectivity index (χ4n) is 1.64. The summed E-state index contributed by atoms with van der Waals surface area (Å²) in [5.41, 5.74) is 8.87. The van der Waals surface area contributed by atoms with Crippen molar-refractivity contribution in [3.05, 3.63) is 54.1 Å². The third-order valence-corrected chi connectivity index (χ3v) is 3.74. The molecule has 0 radical (unpaired) electrons. The van der Waals surface area contributed by atoms with E-state index >= 15 is 0 Å². The minimum Gasteiger partial charge on any atom is -0.497 e. The van der Waals surface area contributed by atoms with E-state index in [1.165, 1.54) is 0 Å². The van der Waals surface area contributed by atoms with Crippen LogP contribution in [0.5, 0.6) is 5.75 Å². The first-order valence-corrected chi connectivity index (χ1v) is 7.41. The third kappa shape index (κ3) is 4.77. The molecule has 0 fully saturated rings. The quantitative estimate of drug-likeness (QED) is 0.504. The van der Waals surface area contributed by atoms with E-state index in [0.29, 0.717) is 0 Å². The summed E-state index contributed by atoms with van der Waals surface area (Å²) in [4.78, 5) is 2.18. The number of hydrogen-bond acceptors (Lipinski definition) is 4. The molecule has 0 bridgehead atoms. The molecule has 0 aliphatic rings. The molecule has 0 saturated heterocycles. The lowest BCUT2D eigenvalue weighted by Gasteiger charge is -2.07. The molecule has 21 heavy (non-hydrogen) atoms. The van der Waals surface area contributed by atoms with Crippen LogP contribution in [0, 0.1) is 0 Å². The number of hydrogen-bond donors (Lipinski definition) is 2. The highest BCUT2D eigenvalue weighted by Gasteiger charge is 2.03. The number of ether oxygens (including phenoxy) is 1. The normalized spacial score (nSPS) is 10.5. The average Bonchev–Trinajstić information content (AvgIpc) is 2.49. The molecule has 0 atom stereocenters. The first kappa shape index (κ1) is 15.3. The standard InChI is InChI=1S/C15H15N3OS2/c1-19-12-6-4-7-13(9-12)21-14-8-3-2-5-11(14)10-17-18-15(16)20/h2-10H,1H3,(H3,16,18,20). The van der Waals surface area contributed by atoms with Gasteiger partial charge >= 0.3 is 0 Å². The van der Waals surface area contributed by atoms with Crippen LogP contribution in [0.25, 0.3) is 0 Å². The number of thiocarbonyl (C=S) groups is 1. The van der Waals surface area contributed by atoms with Gasteiger partial charge in [-0.1, -0.05) is 36.0 Å². The Labute approximate surface area is 133 Å². The molecule has 0 aliphatic heterocycles. The van der Waals surface area contributed by atoms with Gasteiger partial charge in [0.1, 0.15) is 5.75 Å². The molecule has 0 amide bonds. The number of rotatable bonds is 5. The molecule has 2 aromatic rings. The smallest absolute Gasteiger partial charge is 0.184 e. The molecule has 0 aromatic heterocycles. The van der Waals surface area contributed by atoms with E-state index in [9.17, 15) is 0 Å². The number of nitrogens with one attached hydrogen (secondary N) is 1. The van der Waals surface area contributed by atoms with Crippen LogP contribution in [0.4, 0.5) is 0 Å². The maximum absolute atomic E-state index is 5.34. The Bertz CT molecular complexity index is 659. The van der Waals surface area contributed by atoms with Gasteiger partial charge in [-0.25, -0.2) is 0 Å². The topological polar surface area (TPSA) is 59.6 Å². The Balaban J connectivity index is 2.19. The van der Waals surface area contributed by atoms with Gasteiger partial charge in [0, 0.05) is 15.4 Å². The van der Waals surface area contributed by atoms with Gasteiger partial charge < -0.3 is 10.5 Å². The molecule has 0 saturated carbocycles. The van der Waals surface area contributed by atoms with E-state index in [-0.39, 0.29) is 5.11 Å². The van der Waals surface area contributed by atoms with Gasteiger partial charge in [0.2, 0.25) is 0 Å². The van der Waals surface area contributed by atoms with Crippen LogP contribution in [0.2, 0.25) is 0 Å². The van der Waals surface area contributed by atoms with E-state index in [1.807, 2.05) is 48.5 Å². The van der Waals surface area contributed by atoms with Crippen LogP contribution >= 0.6 is 24.0 Å². The first-order valence-electron chi connectivity index (χ1n) is 6.18. The van der Waals surface area contributed by atoms with Crippen LogP contribution < -0.4 is 15.9 Å². The highest BCUT2D eigenvalue weighted by Crippen LogP contribution is 2.31. The zero-order valence-electron chi connectivity index (χ0n) is 11.4.